The van der Waals surface area contributed by atoms with Crippen molar-refractivity contribution in [3.8, 4) is 0 Å². The highest BCUT2D eigenvalue weighted by molar-refractivity contribution is 5.75. The first-order chi connectivity index (χ1) is 8.70. The number of hydrogen-bond donors (Lipinski definition) is 0. The SMILES string of the molecule is CCOC(=O)C1CC=C(c2ccc(F)cc2)CC1. The average Bonchev–Trinajstić information content (AvgIpc) is 2.40. The summed E-state index contributed by atoms with van der Waals surface area (Å²) in [6.45, 7) is 2.25. The third-order valence-corrected chi connectivity index (χ3v) is 3.25. The van der Waals surface area contributed by atoms with Gasteiger partial charge in [0.1, 0.15) is 5.82 Å². The van der Waals surface area contributed by atoms with Gasteiger partial charge in [-0.05, 0) is 49.5 Å². The van der Waals surface area contributed by atoms with Gasteiger partial charge in [-0.2, -0.15) is 0 Å². The molecule has 0 amide bonds. The molecule has 0 radical (unpaired) electrons. The molecule has 0 saturated heterocycles. The normalized spacial score (nSPS) is 19.2. The molecule has 1 aromatic rings. The molecular weight excluding hydrogens is 231 g/mol. The van der Waals surface area contributed by atoms with Crippen LogP contribution in [0.25, 0.3) is 5.57 Å². The molecule has 1 aliphatic carbocycles. The highest BCUT2D eigenvalue weighted by Gasteiger charge is 2.22. The van der Waals surface area contributed by atoms with Gasteiger partial charge in [0.15, 0.2) is 0 Å². The summed E-state index contributed by atoms with van der Waals surface area (Å²) in [6, 6.07) is 6.50. The summed E-state index contributed by atoms with van der Waals surface area (Å²) < 4.78 is 17.8. The number of esters is 1. The number of hydrogen-bond acceptors (Lipinski definition) is 2. The van der Waals surface area contributed by atoms with Gasteiger partial charge in [-0.3, -0.25) is 4.79 Å². The summed E-state index contributed by atoms with van der Waals surface area (Å²) in [5, 5.41) is 0. The number of rotatable bonds is 3. The van der Waals surface area contributed by atoms with Crippen molar-refractivity contribution in [2.45, 2.75) is 26.2 Å². The van der Waals surface area contributed by atoms with Crippen molar-refractivity contribution in [1.29, 1.82) is 0 Å². The Hall–Kier alpha value is -1.64. The first-order valence-corrected chi connectivity index (χ1v) is 6.32. The van der Waals surface area contributed by atoms with E-state index in [1.165, 1.54) is 17.7 Å². The number of carbonyl (C=O) groups is 1. The van der Waals surface area contributed by atoms with E-state index < -0.39 is 0 Å². The Morgan fingerprint density at radius 2 is 2.11 bits per heavy atom. The number of halogens is 1. The molecule has 0 heterocycles. The number of ether oxygens (including phenoxy) is 1. The second-order valence-electron chi connectivity index (χ2n) is 4.46. The van der Waals surface area contributed by atoms with E-state index in [0.29, 0.717) is 13.0 Å². The van der Waals surface area contributed by atoms with Crippen molar-refractivity contribution in [1.82, 2.24) is 0 Å². The van der Waals surface area contributed by atoms with Crippen LogP contribution in [-0.2, 0) is 9.53 Å². The molecule has 1 unspecified atom stereocenters. The summed E-state index contributed by atoms with van der Waals surface area (Å²) in [4.78, 5) is 11.6. The molecule has 0 fully saturated rings. The number of benzene rings is 1. The van der Waals surface area contributed by atoms with Gasteiger partial charge in [-0.25, -0.2) is 4.39 Å². The molecule has 1 atom stereocenters. The fraction of sp³-hybridized carbons (Fsp3) is 0.400. The van der Waals surface area contributed by atoms with Crippen LogP contribution in [0, 0.1) is 11.7 Å². The van der Waals surface area contributed by atoms with Crippen molar-refractivity contribution in [2.75, 3.05) is 6.61 Å². The maximum atomic E-state index is 12.8. The van der Waals surface area contributed by atoms with Crippen molar-refractivity contribution in [3.63, 3.8) is 0 Å². The van der Waals surface area contributed by atoms with Crippen LogP contribution in [0.5, 0.6) is 0 Å². The van der Waals surface area contributed by atoms with Gasteiger partial charge in [0.25, 0.3) is 0 Å². The molecule has 0 N–H and O–H groups in total. The van der Waals surface area contributed by atoms with Gasteiger partial charge in [-0.1, -0.05) is 18.2 Å². The Morgan fingerprint density at radius 1 is 1.39 bits per heavy atom. The predicted octanol–water partition coefficient (Wildman–Crippen LogP) is 3.57. The fourth-order valence-corrected chi connectivity index (χ4v) is 2.23. The molecule has 96 valence electrons. The van der Waals surface area contributed by atoms with Crippen LogP contribution in [0.4, 0.5) is 4.39 Å². The third kappa shape index (κ3) is 2.97. The summed E-state index contributed by atoms with van der Waals surface area (Å²) in [6.07, 6.45) is 4.43. The maximum Gasteiger partial charge on any atom is 0.309 e. The standard InChI is InChI=1S/C15H17FO2/c1-2-18-15(17)13-5-3-11(4-6-13)12-7-9-14(16)10-8-12/h3,7-10,13H,2,4-6H2,1H3. The molecular formula is C15H17FO2. The van der Waals surface area contributed by atoms with Gasteiger partial charge in [0, 0.05) is 0 Å². The summed E-state index contributed by atoms with van der Waals surface area (Å²) in [5.74, 6) is -0.347. The molecule has 0 saturated carbocycles. The van der Waals surface area contributed by atoms with Gasteiger partial charge in [0.05, 0.1) is 12.5 Å². The van der Waals surface area contributed by atoms with E-state index in [-0.39, 0.29) is 17.7 Å². The molecule has 0 bridgehead atoms. The first-order valence-electron chi connectivity index (χ1n) is 6.32. The Bertz CT molecular complexity index is 448. The van der Waals surface area contributed by atoms with Gasteiger partial charge in [0.2, 0.25) is 0 Å². The lowest BCUT2D eigenvalue weighted by atomic mass is 9.86. The Labute approximate surface area is 106 Å². The lowest BCUT2D eigenvalue weighted by Crippen LogP contribution is -2.19. The van der Waals surface area contributed by atoms with E-state index in [0.717, 1.165) is 18.4 Å². The molecule has 1 aliphatic rings. The highest BCUT2D eigenvalue weighted by atomic mass is 19.1. The summed E-state index contributed by atoms with van der Waals surface area (Å²) >= 11 is 0. The van der Waals surface area contributed by atoms with Gasteiger partial charge < -0.3 is 4.74 Å². The maximum absolute atomic E-state index is 12.8. The van der Waals surface area contributed by atoms with Crippen LogP contribution < -0.4 is 0 Å². The molecule has 0 aromatic heterocycles. The quantitative estimate of drug-likeness (QED) is 0.764. The number of carbonyl (C=O) groups excluding carboxylic acids is 1. The molecule has 18 heavy (non-hydrogen) atoms. The summed E-state index contributed by atoms with van der Waals surface area (Å²) in [5.41, 5.74) is 2.23. The van der Waals surface area contributed by atoms with Crippen molar-refractivity contribution in [3.05, 3.63) is 41.7 Å². The van der Waals surface area contributed by atoms with Crippen LogP contribution in [0.1, 0.15) is 31.7 Å². The lowest BCUT2D eigenvalue weighted by Gasteiger charge is -2.20. The van der Waals surface area contributed by atoms with E-state index in [9.17, 15) is 9.18 Å². The van der Waals surface area contributed by atoms with Gasteiger partial charge >= 0.3 is 5.97 Å². The number of allylic oxidation sites excluding steroid dienone is 2. The van der Waals surface area contributed by atoms with E-state index in [1.54, 1.807) is 12.1 Å². The first kappa shape index (κ1) is 12.8. The molecule has 0 spiro atoms. The minimum atomic E-state index is -0.223. The Morgan fingerprint density at radius 3 is 2.67 bits per heavy atom. The smallest absolute Gasteiger partial charge is 0.309 e. The third-order valence-electron chi connectivity index (χ3n) is 3.25. The Balaban J connectivity index is 2.02. The minimum Gasteiger partial charge on any atom is -0.466 e. The largest absolute Gasteiger partial charge is 0.466 e. The van der Waals surface area contributed by atoms with Crippen molar-refractivity contribution >= 4 is 11.5 Å². The minimum absolute atomic E-state index is 0.0193. The van der Waals surface area contributed by atoms with Crippen LogP contribution in [0.15, 0.2) is 30.3 Å². The van der Waals surface area contributed by atoms with E-state index in [1.807, 2.05) is 6.92 Å². The zero-order valence-corrected chi connectivity index (χ0v) is 10.5. The average molecular weight is 248 g/mol. The van der Waals surface area contributed by atoms with Crippen LogP contribution in [0.3, 0.4) is 0 Å². The van der Waals surface area contributed by atoms with Crippen molar-refractivity contribution < 1.29 is 13.9 Å². The molecule has 3 heteroatoms. The summed E-state index contributed by atoms with van der Waals surface area (Å²) in [7, 11) is 0. The zero-order chi connectivity index (χ0) is 13.0. The van der Waals surface area contributed by atoms with Crippen LogP contribution in [-0.4, -0.2) is 12.6 Å². The molecule has 2 rings (SSSR count). The Kier molecular flexibility index (Phi) is 4.13. The zero-order valence-electron chi connectivity index (χ0n) is 10.5. The molecule has 2 nitrogen and oxygen atoms in total. The highest BCUT2D eigenvalue weighted by Crippen LogP contribution is 2.30. The van der Waals surface area contributed by atoms with E-state index in [4.69, 9.17) is 4.74 Å². The molecule has 0 aliphatic heterocycles. The van der Waals surface area contributed by atoms with Crippen LogP contribution >= 0.6 is 0 Å². The topological polar surface area (TPSA) is 26.3 Å². The fourth-order valence-electron chi connectivity index (χ4n) is 2.23. The monoisotopic (exact) mass is 248 g/mol. The lowest BCUT2D eigenvalue weighted by molar-refractivity contribution is -0.148. The predicted molar refractivity (Wildman–Crippen MR) is 68.4 cm³/mol. The molecule has 1 aromatic carbocycles. The van der Waals surface area contributed by atoms with Crippen molar-refractivity contribution in [2.24, 2.45) is 5.92 Å². The second-order valence-corrected chi connectivity index (χ2v) is 4.46. The second kappa shape index (κ2) is 5.80. The van der Waals surface area contributed by atoms with E-state index >= 15 is 0 Å². The van der Waals surface area contributed by atoms with E-state index in [2.05, 4.69) is 6.08 Å². The van der Waals surface area contributed by atoms with Gasteiger partial charge in [-0.15, -0.1) is 0 Å². The van der Waals surface area contributed by atoms with Crippen LogP contribution in [0.2, 0.25) is 0 Å².